The van der Waals surface area contributed by atoms with Crippen LogP contribution >= 0.6 is 0 Å². The van der Waals surface area contributed by atoms with Crippen LogP contribution in [0.25, 0.3) is 0 Å². The Kier molecular flexibility index (Phi) is 9.87. The SMILES string of the molecule is CCCC/C=C/CCCCO[C@@H](CO)[C@@H]1OC[C@@H](O)[C@@H]1O. The summed E-state index contributed by atoms with van der Waals surface area (Å²) in [5.41, 5.74) is 0. The number of aliphatic hydroxyl groups is 3. The zero-order valence-electron chi connectivity index (χ0n) is 13.0. The van der Waals surface area contributed by atoms with Crippen LogP contribution in [0, 0.1) is 0 Å². The number of rotatable bonds is 11. The number of hydrogen-bond acceptors (Lipinski definition) is 5. The van der Waals surface area contributed by atoms with Crippen molar-refractivity contribution in [2.45, 2.75) is 69.9 Å². The van der Waals surface area contributed by atoms with Crippen molar-refractivity contribution in [3.8, 4) is 0 Å². The van der Waals surface area contributed by atoms with Crippen molar-refractivity contribution in [1.82, 2.24) is 0 Å². The Morgan fingerprint density at radius 2 is 1.90 bits per heavy atom. The predicted molar refractivity (Wildman–Crippen MR) is 81.1 cm³/mol. The van der Waals surface area contributed by atoms with Gasteiger partial charge in [0, 0.05) is 6.61 Å². The van der Waals surface area contributed by atoms with Crippen molar-refractivity contribution in [3.63, 3.8) is 0 Å². The van der Waals surface area contributed by atoms with Crippen molar-refractivity contribution >= 4 is 0 Å². The molecule has 1 rings (SSSR count). The molecule has 0 aromatic rings. The molecule has 1 fully saturated rings. The average molecular weight is 302 g/mol. The molecule has 0 bridgehead atoms. The molecular formula is C16H30O5. The molecule has 1 saturated heterocycles. The van der Waals surface area contributed by atoms with Crippen LogP contribution in [-0.2, 0) is 9.47 Å². The van der Waals surface area contributed by atoms with E-state index in [1.807, 2.05) is 0 Å². The Labute approximate surface area is 127 Å². The predicted octanol–water partition coefficient (Wildman–Crippen LogP) is 1.40. The summed E-state index contributed by atoms with van der Waals surface area (Å²) in [7, 11) is 0. The van der Waals surface area contributed by atoms with Gasteiger partial charge in [0.15, 0.2) is 0 Å². The minimum absolute atomic E-state index is 0.0915. The maximum absolute atomic E-state index is 9.73. The summed E-state index contributed by atoms with van der Waals surface area (Å²) in [4.78, 5) is 0. The van der Waals surface area contributed by atoms with Crippen LogP contribution in [-0.4, -0.2) is 59.6 Å². The maximum Gasteiger partial charge on any atom is 0.114 e. The van der Waals surface area contributed by atoms with Gasteiger partial charge in [-0.25, -0.2) is 0 Å². The van der Waals surface area contributed by atoms with Crippen molar-refractivity contribution in [2.75, 3.05) is 19.8 Å². The fraction of sp³-hybridized carbons (Fsp3) is 0.875. The third kappa shape index (κ3) is 6.89. The molecule has 0 amide bonds. The highest BCUT2D eigenvalue weighted by Gasteiger charge is 2.40. The molecule has 4 atom stereocenters. The number of ether oxygens (including phenoxy) is 2. The van der Waals surface area contributed by atoms with E-state index >= 15 is 0 Å². The van der Waals surface area contributed by atoms with Crippen molar-refractivity contribution in [3.05, 3.63) is 12.2 Å². The quantitative estimate of drug-likeness (QED) is 0.397. The van der Waals surface area contributed by atoms with E-state index < -0.39 is 24.4 Å². The number of allylic oxidation sites excluding steroid dienone is 2. The van der Waals surface area contributed by atoms with Gasteiger partial charge in [0.2, 0.25) is 0 Å². The van der Waals surface area contributed by atoms with E-state index in [1.165, 1.54) is 12.8 Å². The molecule has 0 radical (unpaired) electrons. The summed E-state index contributed by atoms with van der Waals surface area (Å²) in [5.74, 6) is 0. The van der Waals surface area contributed by atoms with Crippen LogP contribution in [0.5, 0.6) is 0 Å². The Balaban J connectivity index is 2.09. The van der Waals surface area contributed by atoms with Crippen LogP contribution in [0.2, 0.25) is 0 Å². The molecule has 0 aromatic carbocycles. The first-order chi connectivity index (χ1) is 10.2. The highest BCUT2D eigenvalue weighted by atomic mass is 16.6. The summed E-state index contributed by atoms with van der Waals surface area (Å²) in [6.45, 7) is 2.59. The molecule has 1 aliphatic rings. The van der Waals surface area contributed by atoms with Crippen LogP contribution < -0.4 is 0 Å². The Bertz CT molecular complexity index is 282. The molecule has 5 nitrogen and oxygen atoms in total. The normalized spacial score (nSPS) is 27.5. The molecule has 0 saturated carbocycles. The minimum atomic E-state index is -0.983. The largest absolute Gasteiger partial charge is 0.394 e. The second-order valence-electron chi connectivity index (χ2n) is 5.56. The first kappa shape index (κ1) is 18.6. The first-order valence-corrected chi connectivity index (χ1v) is 8.05. The summed E-state index contributed by atoms with van der Waals surface area (Å²) in [6.07, 6.45) is 7.96. The molecule has 5 heteroatoms. The molecule has 3 N–H and O–H groups in total. The number of hydrogen-bond donors (Lipinski definition) is 3. The average Bonchev–Trinajstić information content (AvgIpc) is 2.82. The fourth-order valence-corrected chi connectivity index (χ4v) is 2.36. The third-order valence-corrected chi connectivity index (χ3v) is 3.72. The molecule has 0 unspecified atom stereocenters. The second kappa shape index (κ2) is 11.2. The molecule has 1 aliphatic heterocycles. The van der Waals surface area contributed by atoms with Gasteiger partial charge in [-0.1, -0.05) is 31.9 Å². The van der Waals surface area contributed by atoms with Crippen molar-refractivity contribution < 1.29 is 24.8 Å². The Morgan fingerprint density at radius 3 is 2.48 bits per heavy atom. The minimum Gasteiger partial charge on any atom is -0.394 e. The topological polar surface area (TPSA) is 79.2 Å². The lowest BCUT2D eigenvalue weighted by molar-refractivity contribution is -0.101. The Hall–Kier alpha value is -0.460. The highest BCUT2D eigenvalue weighted by molar-refractivity contribution is 4.88. The van der Waals surface area contributed by atoms with Crippen LogP contribution in [0.1, 0.15) is 45.4 Å². The van der Waals surface area contributed by atoms with Gasteiger partial charge in [0.05, 0.1) is 13.2 Å². The van der Waals surface area contributed by atoms with Crippen LogP contribution in [0.4, 0.5) is 0 Å². The molecule has 21 heavy (non-hydrogen) atoms. The van der Waals surface area contributed by atoms with Gasteiger partial charge in [-0.15, -0.1) is 0 Å². The summed E-state index contributed by atoms with van der Waals surface area (Å²) < 4.78 is 10.8. The zero-order valence-corrected chi connectivity index (χ0v) is 13.0. The van der Waals surface area contributed by atoms with Crippen molar-refractivity contribution in [1.29, 1.82) is 0 Å². The monoisotopic (exact) mass is 302 g/mol. The lowest BCUT2D eigenvalue weighted by atomic mass is 10.1. The van der Waals surface area contributed by atoms with Crippen molar-refractivity contribution in [2.24, 2.45) is 0 Å². The first-order valence-electron chi connectivity index (χ1n) is 8.05. The molecule has 124 valence electrons. The summed E-state index contributed by atoms with van der Waals surface area (Å²) in [5, 5.41) is 28.5. The smallest absolute Gasteiger partial charge is 0.114 e. The second-order valence-corrected chi connectivity index (χ2v) is 5.56. The van der Waals surface area contributed by atoms with Gasteiger partial charge in [-0.2, -0.15) is 0 Å². The van der Waals surface area contributed by atoms with Gasteiger partial charge < -0.3 is 24.8 Å². The molecule has 0 spiro atoms. The van der Waals surface area contributed by atoms with E-state index in [1.54, 1.807) is 0 Å². The zero-order chi connectivity index (χ0) is 15.5. The van der Waals surface area contributed by atoms with E-state index in [-0.39, 0.29) is 13.2 Å². The van der Waals surface area contributed by atoms with E-state index in [9.17, 15) is 15.3 Å². The maximum atomic E-state index is 9.73. The summed E-state index contributed by atoms with van der Waals surface area (Å²) in [6, 6.07) is 0. The van der Waals surface area contributed by atoms with Gasteiger partial charge in [-0.05, 0) is 25.7 Å². The van der Waals surface area contributed by atoms with Gasteiger partial charge in [0.25, 0.3) is 0 Å². The number of aliphatic hydroxyl groups excluding tert-OH is 3. The highest BCUT2D eigenvalue weighted by Crippen LogP contribution is 2.19. The van der Waals surface area contributed by atoms with Gasteiger partial charge in [-0.3, -0.25) is 0 Å². The van der Waals surface area contributed by atoms with E-state index in [0.717, 1.165) is 25.7 Å². The molecule has 0 aromatic heterocycles. The molecule has 1 heterocycles. The van der Waals surface area contributed by atoms with E-state index in [4.69, 9.17) is 9.47 Å². The number of unbranched alkanes of at least 4 members (excludes halogenated alkanes) is 4. The van der Waals surface area contributed by atoms with Crippen LogP contribution in [0.15, 0.2) is 12.2 Å². The standard InChI is InChI=1S/C16H30O5/c1-2-3-4-5-6-7-8-9-10-20-14(11-17)16-15(19)13(18)12-21-16/h5-6,13-19H,2-4,7-12H2,1H3/b6-5+/t13-,14+,15+,16+/m1/s1. The molecular weight excluding hydrogens is 272 g/mol. The van der Waals surface area contributed by atoms with Gasteiger partial charge in [0.1, 0.15) is 24.4 Å². The lowest BCUT2D eigenvalue weighted by Crippen LogP contribution is -2.42. The van der Waals surface area contributed by atoms with Crippen LogP contribution in [0.3, 0.4) is 0 Å². The van der Waals surface area contributed by atoms with E-state index in [0.29, 0.717) is 6.61 Å². The third-order valence-electron chi connectivity index (χ3n) is 3.72. The fourth-order valence-electron chi connectivity index (χ4n) is 2.36. The van der Waals surface area contributed by atoms with Gasteiger partial charge >= 0.3 is 0 Å². The van der Waals surface area contributed by atoms with E-state index in [2.05, 4.69) is 19.1 Å². The lowest BCUT2D eigenvalue weighted by Gasteiger charge is -2.24. The summed E-state index contributed by atoms with van der Waals surface area (Å²) >= 11 is 0. The molecule has 0 aliphatic carbocycles. The Morgan fingerprint density at radius 1 is 1.19 bits per heavy atom.